The fraction of sp³-hybridized carbons (Fsp3) is 0.400. The van der Waals surface area contributed by atoms with Gasteiger partial charge in [-0.2, -0.15) is 0 Å². The number of anilines is 1. The van der Waals surface area contributed by atoms with Crippen LogP contribution in [0.4, 0.5) is 10.6 Å². The molecule has 0 radical (unpaired) electrons. The number of rotatable bonds is 3. The molecule has 0 aliphatic heterocycles. The van der Waals surface area contributed by atoms with Gasteiger partial charge < -0.3 is 5.32 Å². The first-order valence-corrected chi connectivity index (χ1v) is 5.59. The van der Waals surface area contributed by atoms with Crippen LogP contribution < -0.4 is 10.6 Å². The zero-order valence-corrected chi connectivity index (χ0v) is 10.4. The van der Waals surface area contributed by atoms with Crippen LogP contribution in [0.3, 0.4) is 0 Å². The summed E-state index contributed by atoms with van der Waals surface area (Å²) < 4.78 is 0.932. The molecule has 0 aliphatic carbocycles. The molecule has 0 aromatic carbocycles. The average Bonchev–Trinajstić information content (AvgIpc) is 2.20. The van der Waals surface area contributed by atoms with E-state index in [0.29, 0.717) is 12.4 Å². The van der Waals surface area contributed by atoms with E-state index < -0.39 is 0 Å². The van der Waals surface area contributed by atoms with Crippen molar-refractivity contribution in [3.8, 4) is 0 Å². The Morgan fingerprint density at radius 3 is 2.93 bits per heavy atom. The topological polar surface area (TPSA) is 54.0 Å². The van der Waals surface area contributed by atoms with Gasteiger partial charge in [0, 0.05) is 17.2 Å². The Hall–Kier alpha value is -1.10. The third-order valence-corrected chi connectivity index (χ3v) is 2.65. The SMILES string of the molecule is CCCNC(=O)Nc1cc(C)c(Br)cn1. The Labute approximate surface area is 97.6 Å². The number of halogens is 1. The summed E-state index contributed by atoms with van der Waals surface area (Å²) in [5.74, 6) is 0.560. The van der Waals surface area contributed by atoms with Gasteiger partial charge in [0.2, 0.25) is 0 Å². The minimum Gasteiger partial charge on any atom is -0.338 e. The number of nitrogens with zero attached hydrogens (tertiary/aromatic N) is 1. The highest BCUT2D eigenvalue weighted by molar-refractivity contribution is 9.10. The van der Waals surface area contributed by atoms with Crippen LogP contribution in [0.2, 0.25) is 0 Å². The van der Waals surface area contributed by atoms with Crippen molar-refractivity contribution < 1.29 is 4.79 Å². The number of pyridine rings is 1. The summed E-state index contributed by atoms with van der Waals surface area (Å²) >= 11 is 3.35. The second-order valence-electron chi connectivity index (χ2n) is 3.20. The molecule has 0 spiro atoms. The molecule has 1 aromatic heterocycles. The first-order chi connectivity index (χ1) is 7.13. The Morgan fingerprint density at radius 2 is 2.33 bits per heavy atom. The summed E-state index contributed by atoms with van der Waals surface area (Å²) in [6.45, 7) is 4.62. The zero-order chi connectivity index (χ0) is 11.3. The number of amides is 2. The highest BCUT2D eigenvalue weighted by Crippen LogP contribution is 2.16. The largest absolute Gasteiger partial charge is 0.338 e. The van der Waals surface area contributed by atoms with Crippen molar-refractivity contribution in [3.05, 3.63) is 22.3 Å². The highest BCUT2D eigenvalue weighted by Gasteiger charge is 2.02. The van der Waals surface area contributed by atoms with Crippen LogP contribution in [0.25, 0.3) is 0 Å². The first kappa shape index (κ1) is 12.0. The van der Waals surface area contributed by atoms with Crippen LogP contribution in [-0.2, 0) is 0 Å². The molecule has 82 valence electrons. The smallest absolute Gasteiger partial charge is 0.320 e. The van der Waals surface area contributed by atoms with E-state index in [0.717, 1.165) is 16.5 Å². The number of carbonyl (C=O) groups is 1. The second kappa shape index (κ2) is 5.70. The van der Waals surface area contributed by atoms with E-state index in [1.54, 1.807) is 6.20 Å². The average molecular weight is 272 g/mol. The Balaban J connectivity index is 2.57. The van der Waals surface area contributed by atoms with Gasteiger partial charge in [0.05, 0.1) is 0 Å². The van der Waals surface area contributed by atoms with Crippen LogP contribution in [0.15, 0.2) is 16.7 Å². The van der Waals surface area contributed by atoms with Gasteiger partial charge in [0.1, 0.15) is 5.82 Å². The van der Waals surface area contributed by atoms with Gasteiger partial charge in [-0.1, -0.05) is 6.92 Å². The molecule has 0 saturated carbocycles. The lowest BCUT2D eigenvalue weighted by atomic mass is 10.3. The first-order valence-electron chi connectivity index (χ1n) is 4.80. The summed E-state index contributed by atoms with van der Waals surface area (Å²) in [5.41, 5.74) is 1.04. The van der Waals surface area contributed by atoms with Gasteiger partial charge in [-0.15, -0.1) is 0 Å². The summed E-state index contributed by atoms with van der Waals surface area (Å²) in [6.07, 6.45) is 2.59. The monoisotopic (exact) mass is 271 g/mol. The van der Waals surface area contributed by atoms with Gasteiger partial charge in [-0.3, -0.25) is 5.32 Å². The molecule has 2 N–H and O–H groups in total. The minimum absolute atomic E-state index is 0.217. The maximum absolute atomic E-state index is 11.3. The predicted octanol–water partition coefficient (Wildman–Crippen LogP) is 2.68. The molecule has 5 heteroatoms. The predicted molar refractivity (Wildman–Crippen MR) is 64.0 cm³/mol. The van der Waals surface area contributed by atoms with E-state index in [1.807, 2.05) is 19.9 Å². The van der Waals surface area contributed by atoms with Gasteiger partial charge in [0.15, 0.2) is 0 Å². The molecule has 0 fully saturated rings. The van der Waals surface area contributed by atoms with Crippen LogP contribution in [0.5, 0.6) is 0 Å². The number of nitrogens with one attached hydrogen (secondary N) is 2. The second-order valence-corrected chi connectivity index (χ2v) is 4.05. The fourth-order valence-electron chi connectivity index (χ4n) is 1.01. The van der Waals surface area contributed by atoms with E-state index in [1.165, 1.54) is 0 Å². The van der Waals surface area contributed by atoms with E-state index in [-0.39, 0.29) is 6.03 Å². The maximum atomic E-state index is 11.3. The van der Waals surface area contributed by atoms with Crippen molar-refractivity contribution in [3.63, 3.8) is 0 Å². The standard InChI is InChI=1S/C10H14BrN3O/c1-3-4-12-10(15)14-9-5-7(2)8(11)6-13-9/h5-6H,3-4H2,1-2H3,(H2,12,13,14,15). The number of hydrogen-bond donors (Lipinski definition) is 2. The van der Waals surface area contributed by atoms with Crippen molar-refractivity contribution >= 4 is 27.8 Å². The molecule has 1 rings (SSSR count). The lowest BCUT2D eigenvalue weighted by molar-refractivity contribution is 0.252. The molecule has 0 saturated heterocycles. The Bertz CT molecular complexity index is 355. The molecule has 4 nitrogen and oxygen atoms in total. The lowest BCUT2D eigenvalue weighted by Gasteiger charge is -2.06. The number of aromatic nitrogens is 1. The van der Waals surface area contributed by atoms with E-state index >= 15 is 0 Å². The van der Waals surface area contributed by atoms with Crippen molar-refractivity contribution in [1.29, 1.82) is 0 Å². The van der Waals surface area contributed by atoms with Crippen molar-refractivity contribution in [1.82, 2.24) is 10.3 Å². The summed E-state index contributed by atoms with van der Waals surface area (Å²) in [5, 5.41) is 5.38. The van der Waals surface area contributed by atoms with E-state index in [2.05, 4.69) is 31.5 Å². The van der Waals surface area contributed by atoms with Crippen LogP contribution in [0.1, 0.15) is 18.9 Å². The van der Waals surface area contributed by atoms with E-state index in [4.69, 9.17) is 0 Å². The third-order valence-electron chi connectivity index (χ3n) is 1.82. The number of carbonyl (C=O) groups excluding carboxylic acids is 1. The number of hydrogen-bond acceptors (Lipinski definition) is 2. The highest BCUT2D eigenvalue weighted by atomic mass is 79.9. The molecule has 0 bridgehead atoms. The van der Waals surface area contributed by atoms with Crippen LogP contribution >= 0.6 is 15.9 Å². The normalized spacial score (nSPS) is 9.80. The molecular formula is C10H14BrN3O. The summed E-state index contributed by atoms with van der Waals surface area (Å²) in [4.78, 5) is 15.4. The molecule has 1 aromatic rings. The molecular weight excluding hydrogens is 258 g/mol. The van der Waals surface area contributed by atoms with Gasteiger partial charge in [-0.05, 0) is 40.9 Å². The maximum Gasteiger partial charge on any atom is 0.320 e. The minimum atomic E-state index is -0.217. The van der Waals surface area contributed by atoms with Crippen molar-refractivity contribution in [2.24, 2.45) is 0 Å². The van der Waals surface area contributed by atoms with E-state index in [9.17, 15) is 4.79 Å². The third kappa shape index (κ3) is 3.87. The molecule has 0 unspecified atom stereocenters. The Kier molecular flexibility index (Phi) is 4.55. The molecule has 1 heterocycles. The quantitative estimate of drug-likeness (QED) is 0.888. The van der Waals surface area contributed by atoms with Gasteiger partial charge >= 0.3 is 6.03 Å². The fourth-order valence-corrected chi connectivity index (χ4v) is 1.22. The molecule has 15 heavy (non-hydrogen) atoms. The molecule has 0 atom stereocenters. The number of urea groups is 1. The summed E-state index contributed by atoms with van der Waals surface area (Å²) in [6, 6.07) is 1.60. The number of aryl methyl sites for hydroxylation is 1. The van der Waals surface area contributed by atoms with Crippen molar-refractivity contribution in [2.45, 2.75) is 20.3 Å². The van der Waals surface area contributed by atoms with Gasteiger partial charge in [0.25, 0.3) is 0 Å². The molecule has 2 amide bonds. The van der Waals surface area contributed by atoms with Crippen molar-refractivity contribution in [2.75, 3.05) is 11.9 Å². The Morgan fingerprint density at radius 1 is 1.60 bits per heavy atom. The van der Waals surface area contributed by atoms with Gasteiger partial charge in [-0.25, -0.2) is 9.78 Å². The zero-order valence-electron chi connectivity index (χ0n) is 8.80. The van der Waals surface area contributed by atoms with Crippen LogP contribution in [-0.4, -0.2) is 17.6 Å². The summed E-state index contributed by atoms with van der Waals surface area (Å²) in [7, 11) is 0. The molecule has 0 aliphatic rings. The lowest BCUT2D eigenvalue weighted by Crippen LogP contribution is -2.29. The van der Waals surface area contributed by atoms with Crippen LogP contribution in [0, 0.1) is 6.92 Å².